The summed E-state index contributed by atoms with van der Waals surface area (Å²) in [4.78, 5) is 19.8. The first kappa shape index (κ1) is 16.5. The summed E-state index contributed by atoms with van der Waals surface area (Å²) < 4.78 is 4.69. The molecule has 0 aliphatic carbocycles. The molecule has 0 unspecified atom stereocenters. The highest BCUT2D eigenvalue weighted by molar-refractivity contribution is 7.99. The number of halogens is 3. The van der Waals surface area contributed by atoms with Crippen LogP contribution in [0.5, 0.6) is 0 Å². The highest BCUT2D eigenvalue weighted by atomic mass is 35.5. The first-order valence-corrected chi connectivity index (χ1v) is 8.33. The van der Waals surface area contributed by atoms with E-state index in [9.17, 15) is 4.79 Å². The number of rotatable bonds is 3. The van der Waals surface area contributed by atoms with Crippen molar-refractivity contribution in [2.45, 2.75) is 9.92 Å². The van der Waals surface area contributed by atoms with E-state index in [-0.39, 0.29) is 0 Å². The lowest BCUT2D eigenvalue weighted by Crippen LogP contribution is -2.00. The number of esters is 1. The molecule has 0 radical (unpaired) electrons. The Morgan fingerprint density at radius 1 is 1.17 bits per heavy atom. The van der Waals surface area contributed by atoms with Crippen LogP contribution in [0, 0.1) is 0 Å². The summed E-state index contributed by atoms with van der Waals surface area (Å²) in [5, 5.41) is 2.59. The molecule has 4 nitrogen and oxygen atoms in total. The van der Waals surface area contributed by atoms with Gasteiger partial charge in [0, 0.05) is 10.3 Å². The van der Waals surface area contributed by atoms with Crippen LogP contribution in [0.2, 0.25) is 15.2 Å². The summed E-state index contributed by atoms with van der Waals surface area (Å²) >= 11 is 19.5. The maximum Gasteiger partial charge on any atom is 0.354 e. The van der Waals surface area contributed by atoms with E-state index in [0.717, 1.165) is 4.90 Å². The lowest BCUT2D eigenvalue weighted by Gasteiger charge is -2.04. The molecule has 0 fully saturated rings. The van der Waals surface area contributed by atoms with Crippen molar-refractivity contribution in [3.8, 4) is 0 Å². The van der Waals surface area contributed by atoms with Crippen LogP contribution in [0.15, 0.2) is 40.3 Å². The van der Waals surface area contributed by atoms with E-state index in [1.165, 1.54) is 18.9 Å². The summed E-state index contributed by atoms with van der Waals surface area (Å²) in [5.74, 6) is -0.462. The average molecular weight is 388 g/mol. The van der Waals surface area contributed by atoms with Crippen LogP contribution in [0.4, 0.5) is 0 Å². The van der Waals surface area contributed by atoms with E-state index in [1.807, 2.05) is 6.07 Å². The summed E-state index contributed by atoms with van der Waals surface area (Å²) in [6.45, 7) is 0. The fraction of sp³-hybridized carbons (Fsp3) is 0.0667. The minimum atomic E-state index is -0.462. The van der Waals surface area contributed by atoms with Crippen molar-refractivity contribution in [2.75, 3.05) is 7.11 Å². The van der Waals surface area contributed by atoms with Crippen molar-refractivity contribution < 1.29 is 9.53 Å². The minimum absolute atomic E-state index is 0.302. The van der Waals surface area contributed by atoms with E-state index >= 15 is 0 Å². The van der Waals surface area contributed by atoms with E-state index < -0.39 is 5.97 Å². The SMILES string of the molecule is COC(=O)c1cc2c(Cl)nc(Sc3ccc(Cl)c(Cl)c3)cc2[nH]1. The molecule has 0 saturated heterocycles. The number of H-pyrrole nitrogens is 1. The number of hydrogen-bond acceptors (Lipinski definition) is 4. The van der Waals surface area contributed by atoms with E-state index in [2.05, 4.69) is 14.7 Å². The number of nitrogens with one attached hydrogen (secondary N) is 1. The fourth-order valence-electron chi connectivity index (χ4n) is 2.00. The topological polar surface area (TPSA) is 55.0 Å². The van der Waals surface area contributed by atoms with Gasteiger partial charge in [-0.3, -0.25) is 0 Å². The molecule has 0 bridgehead atoms. The van der Waals surface area contributed by atoms with Crippen LogP contribution in [-0.2, 0) is 4.74 Å². The molecule has 0 amide bonds. The van der Waals surface area contributed by atoms with Gasteiger partial charge in [0.05, 0.1) is 22.7 Å². The number of aromatic nitrogens is 2. The van der Waals surface area contributed by atoms with Crippen molar-refractivity contribution >= 4 is 63.4 Å². The number of ether oxygens (including phenoxy) is 1. The number of pyridine rings is 1. The predicted molar refractivity (Wildman–Crippen MR) is 93.0 cm³/mol. The molecule has 118 valence electrons. The van der Waals surface area contributed by atoms with E-state index in [1.54, 1.807) is 24.3 Å². The summed E-state index contributed by atoms with van der Waals surface area (Å²) in [7, 11) is 1.32. The third-order valence-corrected chi connectivity index (χ3v) is 5.00. The lowest BCUT2D eigenvalue weighted by atomic mass is 10.3. The number of carbonyl (C=O) groups excluding carboxylic acids is 1. The molecule has 1 N–H and O–H groups in total. The molecular formula is C15H9Cl3N2O2S. The number of carbonyl (C=O) groups is 1. The Morgan fingerprint density at radius 3 is 2.65 bits per heavy atom. The quantitative estimate of drug-likeness (QED) is 0.479. The monoisotopic (exact) mass is 386 g/mol. The van der Waals surface area contributed by atoms with Gasteiger partial charge in [-0.15, -0.1) is 0 Å². The first-order valence-electron chi connectivity index (χ1n) is 6.38. The predicted octanol–water partition coefficient (Wildman–Crippen LogP) is 5.46. The van der Waals surface area contributed by atoms with Crippen molar-refractivity contribution in [2.24, 2.45) is 0 Å². The van der Waals surface area contributed by atoms with E-state index in [4.69, 9.17) is 34.8 Å². The number of benzene rings is 1. The Hall–Kier alpha value is -1.40. The van der Waals surface area contributed by atoms with E-state index in [0.29, 0.717) is 36.8 Å². The molecule has 0 spiro atoms. The zero-order chi connectivity index (χ0) is 16.6. The highest BCUT2D eigenvalue weighted by Gasteiger charge is 2.14. The van der Waals surface area contributed by atoms with Crippen LogP contribution in [-0.4, -0.2) is 23.0 Å². The second-order valence-corrected chi connectivity index (χ2v) is 6.83. The maximum atomic E-state index is 11.6. The standard InChI is InChI=1S/C15H9Cl3N2O2S/c1-22-15(21)12-5-8-11(19-12)6-13(20-14(8)18)23-7-2-3-9(16)10(17)4-7/h2-6,19H,1H3. The lowest BCUT2D eigenvalue weighted by molar-refractivity contribution is 0.0595. The third-order valence-electron chi connectivity index (χ3n) is 3.07. The smallest absolute Gasteiger partial charge is 0.354 e. The Morgan fingerprint density at radius 2 is 1.96 bits per heavy atom. The largest absolute Gasteiger partial charge is 0.464 e. The highest BCUT2D eigenvalue weighted by Crippen LogP contribution is 2.34. The van der Waals surface area contributed by atoms with Crippen molar-refractivity contribution in [3.05, 3.63) is 51.2 Å². The normalized spacial score (nSPS) is 11.0. The first-order chi connectivity index (χ1) is 11.0. The van der Waals surface area contributed by atoms with Gasteiger partial charge < -0.3 is 9.72 Å². The zero-order valence-corrected chi connectivity index (χ0v) is 14.8. The number of hydrogen-bond donors (Lipinski definition) is 1. The molecule has 0 aliphatic heterocycles. The molecule has 3 rings (SSSR count). The number of methoxy groups -OCH3 is 1. The van der Waals surface area contributed by atoms with Crippen molar-refractivity contribution in [1.29, 1.82) is 0 Å². The molecule has 3 aromatic rings. The van der Waals surface area contributed by atoms with Gasteiger partial charge in [0.15, 0.2) is 0 Å². The van der Waals surface area contributed by atoms with Gasteiger partial charge in [0.2, 0.25) is 0 Å². The Balaban J connectivity index is 1.98. The molecule has 8 heteroatoms. The van der Waals surface area contributed by atoms with Gasteiger partial charge in [0.1, 0.15) is 15.9 Å². The maximum absolute atomic E-state index is 11.6. The minimum Gasteiger partial charge on any atom is -0.464 e. The number of fused-ring (bicyclic) bond motifs is 1. The fourth-order valence-corrected chi connectivity index (χ4v) is 3.53. The van der Waals surface area contributed by atoms with Gasteiger partial charge >= 0.3 is 5.97 Å². The van der Waals surface area contributed by atoms with Crippen LogP contribution >= 0.6 is 46.6 Å². The third kappa shape index (κ3) is 3.43. The summed E-state index contributed by atoms with van der Waals surface area (Å²) in [6.07, 6.45) is 0. The van der Waals surface area contributed by atoms with Gasteiger partial charge in [-0.05, 0) is 30.3 Å². The molecule has 0 saturated carbocycles. The van der Waals surface area contributed by atoms with Crippen LogP contribution < -0.4 is 0 Å². The number of nitrogens with zero attached hydrogens (tertiary/aromatic N) is 1. The van der Waals surface area contributed by atoms with Gasteiger partial charge in [-0.25, -0.2) is 9.78 Å². The number of aromatic amines is 1. The molecule has 23 heavy (non-hydrogen) atoms. The van der Waals surface area contributed by atoms with Crippen molar-refractivity contribution in [1.82, 2.24) is 9.97 Å². The van der Waals surface area contributed by atoms with Crippen LogP contribution in [0.3, 0.4) is 0 Å². The molecular weight excluding hydrogens is 379 g/mol. The molecule has 0 atom stereocenters. The Bertz CT molecular complexity index is 911. The second kappa shape index (κ2) is 6.61. The second-order valence-electron chi connectivity index (χ2n) is 4.57. The molecule has 2 aromatic heterocycles. The van der Waals surface area contributed by atoms with Gasteiger partial charge in [-0.1, -0.05) is 46.6 Å². The van der Waals surface area contributed by atoms with Crippen LogP contribution in [0.25, 0.3) is 10.9 Å². The van der Waals surface area contributed by atoms with Gasteiger partial charge in [0.25, 0.3) is 0 Å². The molecule has 0 aliphatic rings. The van der Waals surface area contributed by atoms with Gasteiger partial charge in [-0.2, -0.15) is 0 Å². The summed E-state index contributed by atoms with van der Waals surface area (Å²) in [5.41, 5.74) is 1.02. The Kier molecular flexibility index (Phi) is 4.73. The Labute approximate surface area is 151 Å². The summed E-state index contributed by atoms with van der Waals surface area (Å²) in [6, 6.07) is 8.73. The molecule has 1 aromatic carbocycles. The average Bonchev–Trinajstić information content (AvgIpc) is 2.95. The van der Waals surface area contributed by atoms with Crippen LogP contribution in [0.1, 0.15) is 10.5 Å². The zero-order valence-electron chi connectivity index (χ0n) is 11.7. The van der Waals surface area contributed by atoms with Crippen molar-refractivity contribution in [3.63, 3.8) is 0 Å². The molecule has 2 heterocycles.